The largest absolute Gasteiger partial charge is 0.457 e. The average molecular weight is 448 g/mol. The van der Waals surface area contributed by atoms with Crippen LogP contribution in [-0.4, -0.2) is 26.3 Å². The van der Waals surface area contributed by atoms with Crippen LogP contribution in [0.1, 0.15) is 18.2 Å². The molecule has 0 atom stereocenters. The van der Waals surface area contributed by atoms with Crippen molar-refractivity contribution in [2.75, 3.05) is 4.90 Å². The lowest BCUT2D eigenvalue weighted by Crippen LogP contribution is -2.27. The van der Waals surface area contributed by atoms with Gasteiger partial charge in [0.05, 0.1) is 4.91 Å². The van der Waals surface area contributed by atoms with E-state index in [0.717, 1.165) is 11.8 Å². The highest BCUT2D eigenvalue weighted by molar-refractivity contribution is 8.19. The molecule has 0 bridgehead atoms. The Bertz CT molecular complexity index is 1130. The van der Waals surface area contributed by atoms with E-state index in [1.807, 2.05) is 0 Å². The van der Waals surface area contributed by atoms with E-state index < -0.39 is 5.79 Å². The molecule has 29 heavy (non-hydrogen) atoms. The smallest absolute Gasteiger partial charge is 0.273 e. The van der Waals surface area contributed by atoms with Crippen LogP contribution in [0.3, 0.4) is 0 Å². The van der Waals surface area contributed by atoms with Crippen molar-refractivity contribution in [2.24, 2.45) is 0 Å². The fourth-order valence-corrected chi connectivity index (χ4v) is 4.51. The van der Waals surface area contributed by atoms with Crippen molar-refractivity contribution in [3.8, 4) is 11.3 Å². The van der Waals surface area contributed by atoms with Gasteiger partial charge in [0.15, 0.2) is 16.1 Å². The van der Waals surface area contributed by atoms with Gasteiger partial charge in [-0.25, -0.2) is 9.88 Å². The fourth-order valence-electron chi connectivity index (χ4n) is 2.81. The van der Waals surface area contributed by atoms with Gasteiger partial charge in [-0.1, -0.05) is 11.6 Å². The number of amidine groups is 1. The van der Waals surface area contributed by atoms with E-state index in [2.05, 4.69) is 4.98 Å². The van der Waals surface area contributed by atoms with Gasteiger partial charge >= 0.3 is 0 Å². The maximum absolute atomic E-state index is 12.7. The zero-order chi connectivity index (χ0) is 20.8. The highest BCUT2D eigenvalue weighted by Gasteiger charge is 2.35. The number of anilines is 1. The lowest BCUT2D eigenvalue weighted by atomic mass is 9.99. The highest BCUT2D eigenvalue weighted by Crippen LogP contribution is 2.37. The number of hydrogen-bond donors (Lipinski definition) is 3. The van der Waals surface area contributed by atoms with Crippen molar-refractivity contribution in [3.63, 3.8) is 0 Å². The lowest BCUT2D eigenvalue weighted by Gasteiger charge is -2.19. The standard InChI is InChI=1S/C19H14ClN3O4S2/c1-19(25,26)13-8-10(20)2-4-12(13)14-5-3-11(27-14)9-15-16(24)23(17(21)29-15)18-22-6-7-28-18/h2-9,21,25-26H,1H3/b15-9-,21-17?. The first-order valence-corrected chi connectivity index (χ1v) is 10.4. The average Bonchev–Trinajstić information content (AvgIpc) is 3.37. The third-order valence-corrected chi connectivity index (χ3v) is 5.97. The Hall–Kier alpha value is -2.43. The Morgan fingerprint density at radius 3 is 2.79 bits per heavy atom. The van der Waals surface area contributed by atoms with Gasteiger partial charge in [-0.3, -0.25) is 10.2 Å². The number of benzene rings is 1. The first-order chi connectivity index (χ1) is 13.7. The number of rotatable bonds is 4. The van der Waals surface area contributed by atoms with E-state index >= 15 is 0 Å². The number of thioether (sulfide) groups is 1. The number of furan rings is 1. The van der Waals surface area contributed by atoms with Gasteiger partial charge in [-0.2, -0.15) is 0 Å². The van der Waals surface area contributed by atoms with Crippen molar-refractivity contribution in [2.45, 2.75) is 12.7 Å². The van der Waals surface area contributed by atoms with Crippen LogP contribution in [0, 0.1) is 5.41 Å². The van der Waals surface area contributed by atoms with Gasteiger partial charge in [0.25, 0.3) is 5.91 Å². The summed E-state index contributed by atoms with van der Waals surface area (Å²) in [6.07, 6.45) is 3.12. The molecule has 0 unspecified atom stereocenters. The molecule has 3 aromatic rings. The molecule has 148 valence electrons. The minimum absolute atomic E-state index is 0.0688. The van der Waals surface area contributed by atoms with Gasteiger partial charge in [-0.15, -0.1) is 11.3 Å². The Balaban J connectivity index is 1.66. The molecule has 7 nitrogen and oxygen atoms in total. The molecule has 0 saturated carbocycles. The molecule has 4 rings (SSSR count). The van der Waals surface area contributed by atoms with Crippen LogP contribution in [0.4, 0.5) is 5.13 Å². The SMILES string of the molecule is CC(O)(O)c1cc(Cl)ccc1-c1ccc(/C=C2\SC(=N)N(c3nccs3)C2=O)o1. The number of carbonyl (C=O) groups excluding carboxylic acids is 1. The molecule has 1 amide bonds. The number of aromatic nitrogens is 1. The number of thiazole rings is 1. The Labute approximate surface area is 178 Å². The number of aliphatic hydroxyl groups is 2. The lowest BCUT2D eigenvalue weighted by molar-refractivity contribution is -0.152. The van der Waals surface area contributed by atoms with Crippen molar-refractivity contribution >= 4 is 57.0 Å². The number of hydrogen-bond acceptors (Lipinski definition) is 8. The quantitative estimate of drug-likeness (QED) is 0.407. The molecule has 0 spiro atoms. The van der Waals surface area contributed by atoms with Crippen LogP contribution in [-0.2, 0) is 10.6 Å². The minimum atomic E-state index is -2.10. The van der Waals surface area contributed by atoms with Crippen molar-refractivity contribution in [1.82, 2.24) is 4.98 Å². The zero-order valence-electron chi connectivity index (χ0n) is 14.9. The highest BCUT2D eigenvalue weighted by atomic mass is 35.5. The van der Waals surface area contributed by atoms with E-state index in [-0.39, 0.29) is 16.6 Å². The van der Waals surface area contributed by atoms with Crippen LogP contribution in [0.15, 0.2) is 51.2 Å². The predicted molar refractivity (Wildman–Crippen MR) is 114 cm³/mol. The first kappa shape index (κ1) is 19.9. The molecule has 3 heterocycles. The van der Waals surface area contributed by atoms with Gasteiger partial charge in [-0.05, 0) is 49.0 Å². The van der Waals surface area contributed by atoms with E-state index in [0.29, 0.717) is 32.1 Å². The topological polar surface area (TPSA) is 111 Å². The summed E-state index contributed by atoms with van der Waals surface area (Å²) in [5.74, 6) is -1.67. The molecule has 1 aromatic carbocycles. The summed E-state index contributed by atoms with van der Waals surface area (Å²) >= 11 is 8.28. The molecule has 1 fully saturated rings. The maximum Gasteiger partial charge on any atom is 0.273 e. The van der Waals surface area contributed by atoms with Crippen molar-refractivity contribution < 1.29 is 19.4 Å². The second kappa shape index (κ2) is 7.43. The van der Waals surface area contributed by atoms with Crippen molar-refractivity contribution in [1.29, 1.82) is 5.41 Å². The van der Waals surface area contributed by atoms with Gasteiger partial charge in [0.1, 0.15) is 11.5 Å². The summed E-state index contributed by atoms with van der Waals surface area (Å²) in [5, 5.41) is 30.7. The molecule has 1 aliphatic heterocycles. The van der Waals surface area contributed by atoms with E-state index in [1.165, 1.54) is 29.2 Å². The molecular weight excluding hydrogens is 434 g/mol. The number of halogens is 1. The molecular formula is C19H14ClN3O4S2. The van der Waals surface area contributed by atoms with Crippen LogP contribution in [0.5, 0.6) is 0 Å². The van der Waals surface area contributed by atoms with Crippen LogP contribution in [0.2, 0.25) is 5.02 Å². The third-order valence-electron chi connectivity index (χ3n) is 4.09. The second-order valence-corrected chi connectivity index (χ2v) is 8.62. The summed E-state index contributed by atoms with van der Waals surface area (Å²) in [5.41, 5.74) is 0.663. The monoisotopic (exact) mass is 447 g/mol. The molecule has 0 aliphatic carbocycles. The molecule has 10 heteroatoms. The van der Waals surface area contributed by atoms with E-state index in [9.17, 15) is 15.0 Å². The van der Waals surface area contributed by atoms with Crippen LogP contribution >= 0.6 is 34.7 Å². The van der Waals surface area contributed by atoms with Crippen LogP contribution in [0.25, 0.3) is 17.4 Å². The number of carbonyl (C=O) groups is 1. The second-order valence-electron chi connectivity index (χ2n) is 6.28. The van der Waals surface area contributed by atoms with E-state index in [4.69, 9.17) is 21.4 Å². The summed E-state index contributed by atoms with van der Waals surface area (Å²) < 4.78 is 5.81. The van der Waals surface area contributed by atoms with Crippen LogP contribution < -0.4 is 4.90 Å². The Kier molecular flexibility index (Phi) is 5.09. The van der Waals surface area contributed by atoms with Gasteiger partial charge < -0.3 is 14.6 Å². The Morgan fingerprint density at radius 2 is 2.10 bits per heavy atom. The normalized spacial score (nSPS) is 16.3. The molecule has 2 aromatic heterocycles. The molecule has 3 N–H and O–H groups in total. The molecule has 0 radical (unpaired) electrons. The summed E-state index contributed by atoms with van der Waals surface area (Å²) in [6, 6.07) is 8.04. The molecule has 1 saturated heterocycles. The fraction of sp³-hybridized carbons (Fsp3) is 0.105. The third kappa shape index (κ3) is 3.87. The summed E-state index contributed by atoms with van der Waals surface area (Å²) in [4.78, 5) is 18.3. The van der Waals surface area contributed by atoms with Crippen molar-refractivity contribution in [3.05, 3.63) is 63.2 Å². The van der Waals surface area contributed by atoms with Gasteiger partial charge in [0, 0.05) is 33.8 Å². The van der Waals surface area contributed by atoms with Gasteiger partial charge in [0.2, 0.25) is 0 Å². The number of nitrogens with zero attached hydrogens (tertiary/aromatic N) is 2. The maximum atomic E-state index is 12.7. The number of nitrogens with one attached hydrogen (secondary N) is 1. The zero-order valence-corrected chi connectivity index (χ0v) is 17.3. The Morgan fingerprint density at radius 1 is 1.31 bits per heavy atom. The minimum Gasteiger partial charge on any atom is -0.457 e. The predicted octanol–water partition coefficient (Wildman–Crippen LogP) is 4.27. The summed E-state index contributed by atoms with van der Waals surface area (Å²) in [7, 11) is 0. The first-order valence-electron chi connectivity index (χ1n) is 8.31. The van der Waals surface area contributed by atoms with E-state index in [1.54, 1.807) is 41.9 Å². The summed E-state index contributed by atoms with van der Waals surface area (Å²) in [6.45, 7) is 1.24. The molecule has 1 aliphatic rings. The number of amides is 1.